The van der Waals surface area contributed by atoms with Gasteiger partial charge in [0.25, 0.3) is 0 Å². The van der Waals surface area contributed by atoms with E-state index in [-0.39, 0.29) is 5.41 Å². The quantitative estimate of drug-likeness (QED) is 0.883. The van der Waals surface area contributed by atoms with Gasteiger partial charge in [0.1, 0.15) is 0 Å². The molecule has 1 fully saturated rings. The van der Waals surface area contributed by atoms with Gasteiger partial charge >= 0.3 is 0 Å². The van der Waals surface area contributed by atoms with Crippen molar-refractivity contribution in [3.05, 3.63) is 57.8 Å². The van der Waals surface area contributed by atoms with Crippen molar-refractivity contribution in [1.82, 2.24) is 10.6 Å². The summed E-state index contributed by atoms with van der Waals surface area (Å²) in [5, 5.41) is 11.7. The molecule has 0 radical (unpaired) electrons. The van der Waals surface area contributed by atoms with E-state index in [1.807, 2.05) is 0 Å². The lowest BCUT2D eigenvalue weighted by molar-refractivity contribution is 0.293. The summed E-state index contributed by atoms with van der Waals surface area (Å²) < 4.78 is 0. The van der Waals surface area contributed by atoms with E-state index in [2.05, 4.69) is 58.6 Å². The second-order valence-electron chi connectivity index (χ2n) is 6.08. The predicted molar refractivity (Wildman–Crippen MR) is 91.0 cm³/mol. The van der Waals surface area contributed by atoms with Crippen LogP contribution in [0.3, 0.4) is 0 Å². The Kier molecular flexibility index (Phi) is 4.73. The summed E-state index contributed by atoms with van der Waals surface area (Å²) in [4.78, 5) is 0. The van der Waals surface area contributed by atoms with Crippen LogP contribution in [0.1, 0.15) is 29.5 Å². The van der Waals surface area contributed by atoms with Crippen molar-refractivity contribution in [2.75, 3.05) is 19.6 Å². The summed E-state index contributed by atoms with van der Waals surface area (Å²) >= 11 is 1.80. The highest BCUT2D eigenvalue weighted by molar-refractivity contribution is 7.08. The fraction of sp³-hybridized carbons (Fsp3) is 0.444. The van der Waals surface area contributed by atoms with Gasteiger partial charge in [-0.25, -0.2) is 0 Å². The summed E-state index contributed by atoms with van der Waals surface area (Å²) in [5.74, 6) is 0. The number of aryl methyl sites for hydroxylation is 1. The summed E-state index contributed by atoms with van der Waals surface area (Å²) in [5.41, 5.74) is 4.63. The molecule has 3 rings (SSSR count). The van der Waals surface area contributed by atoms with E-state index in [4.69, 9.17) is 0 Å². The van der Waals surface area contributed by atoms with Crippen LogP contribution in [0, 0.1) is 6.92 Å². The molecule has 1 saturated heterocycles. The minimum atomic E-state index is 0.288. The SMILES string of the molecule is Cc1cscc1CNCC1(c2ccccc2)CCNCC1. The van der Waals surface area contributed by atoms with Crippen molar-refractivity contribution in [2.24, 2.45) is 0 Å². The van der Waals surface area contributed by atoms with Crippen molar-refractivity contribution in [3.8, 4) is 0 Å². The van der Waals surface area contributed by atoms with Gasteiger partial charge in [-0.05, 0) is 60.3 Å². The maximum absolute atomic E-state index is 3.72. The van der Waals surface area contributed by atoms with E-state index in [0.717, 1.165) is 26.2 Å². The van der Waals surface area contributed by atoms with E-state index in [1.54, 1.807) is 11.3 Å². The maximum atomic E-state index is 3.72. The normalized spacial score (nSPS) is 17.8. The van der Waals surface area contributed by atoms with Crippen LogP contribution in [-0.4, -0.2) is 19.6 Å². The number of nitrogens with one attached hydrogen (secondary N) is 2. The molecule has 0 spiro atoms. The van der Waals surface area contributed by atoms with Gasteiger partial charge in [0.2, 0.25) is 0 Å². The minimum absolute atomic E-state index is 0.288. The Balaban J connectivity index is 1.70. The van der Waals surface area contributed by atoms with Gasteiger partial charge in [-0.2, -0.15) is 11.3 Å². The van der Waals surface area contributed by atoms with E-state index < -0.39 is 0 Å². The molecule has 3 heteroatoms. The van der Waals surface area contributed by atoms with E-state index in [0.29, 0.717) is 0 Å². The number of hydrogen-bond donors (Lipinski definition) is 2. The molecule has 2 N–H and O–H groups in total. The fourth-order valence-electron chi connectivity index (χ4n) is 3.27. The first kappa shape index (κ1) is 14.8. The minimum Gasteiger partial charge on any atom is -0.317 e. The molecule has 21 heavy (non-hydrogen) atoms. The van der Waals surface area contributed by atoms with E-state index in [9.17, 15) is 0 Å². The molecule has 2 nitrogen and oxygen atoms in total. The Bertz CT molecular complexity index is 556. The smallest absolute Gasteiger partial charge is 0.0216 e. The van der Waals surface area contributed by atoms with Gasteiger partial charge in [0.15, 0.2) is 0 Å². The third-order valence-corrected chi connectivity index (χ3v) is 5.60. The maximum Gasteiger partial charge on any atom is 0.0216 e. The number of benzene rings is 1. The lowest BCUT2D eigenvalue weighted by Crippen LogP contribution is -2.46. The number of thiophene rings is 1. The van der Waals surface area contributed by atoms with Crippen LogP contribution < -0.4 is 10.6 Å². The second-order valence-corrected chi connectivity index (χ2v) is 6.82. The van der Waals surface area contributed by atoms with Crippen LogP contribution in [0.15, 0.2) is 41.1 Å². The van der Waals surface area contributed by atoms with Crippen LogP contribution in [0.2, 0.25) is 0 Å². The molecule has 2 aromatic rings. The molecule has 1 aliphatic rings. The number of rotatable bonds is 5. The molecule has 1 aromatic carbocycles. The van der Waals surface area contributed by atoms with Crippen molar-refractivity contribution in [3.63, 3.8) is 0 Å². The Morgan fingerprint density at radius 2 is 1.90 bits per heavy atom. The average Bonchev–Trinajstić information content (AvgIpc) is 2.95. The Hall–Kier alpha value is -1.16. The number of piperidine rings is 1. The zero-order valence-corrected chi connectivity index (χ0v) is 13.5. The van der Waals surface area contributed by atoms with Gasteiger partial charge in [0.05, 0.1) is 0 Å². The largest absolute Gasteiger partial charge is 0.317 e. The first-order chi connectivity index (χ1) is 10.3. The number of hydrogen-bond acceptors (Lipinski definition) is 3. The average molecular weight is 300 g/mol. The topological polar surface area (TPSA) is 24.1 Å². The molecular formula is C18H24N2S. The summed E-state index contributed by atoms with van der Waals surface area (Å²) in [7, 11) is 0. The summed E-state index contributed by atoms with van der Waals surface area (Å²) in [6.07, 6.45) is 2.43. The highest BCUT2D eigenvalue weighted by Gasteiger charge is 2.33. The summed E-state index contributed by atoms with van der Waals surface area (Å²) in [6, 6.07) is 11.0. The zero-order chi connectivity index (χ0) is 14.5. The molecule has 0 unspecified atom stereocenters. The highest BCUT2D eigenvalue weighted by atomic mass is 32.1. The van der Waals surface area contributed by atoms with Crippen LogP contribution in [0.4, 0.5) is 0 Å². The lowest BCUT2D eigenvalue weighted by atomic mass is 9.73. The fourth-order valence-corrected chi connectivity index (χ4v) is 4.13. The van der Waals surface area contributed by atoms with Crippen molar-refractivity contribution in [1.29, 1.82) is 0 Å². The third-order valence-electron chi connectivity index (χ3n) is 4.69. The summed E-state index contributed by atoms with van der Waals surface area (Å²) in [6.45, 7) is 6.48. The Labute approximate surface area is 131 Å². The molecule has 0 amide bonds. The molecule has 2 heterocycles. The molecule has 1 aliphatic heterocycles. The molecular weight excluding hydrogens is 276 g/mol. The van der Waals surface area contributed by atoms with Crippen molar-refractivity contribution < 1.29 is 0 Å². The molecule has 0 saturated carbocycles. The van der Waals surface area contributed by atoms with Gasteiger partial charge in [-0.15, -0.1) is 0 Å². The molecule has 1 aromatic heterocycles. The van der Waals surface area contributed by atoms with Crippen molar-refractivity contribution >= 4 is 11.3 Å². The van der Waals surface area contributed by atoms with Gasteiger partial charge in [-0.3, -0.25) is 0 Å². The van der Waals surface area contributed by atoms with Crippen molar-refractivity contribution in [2.45, 2.75) is 31.7 Å². The molecule has 0 bridgehead atoms. The Morgan fingerprint density at radius 3 is 2.57 bits per heavy atom. The lowest BCUT2D eigenvalue weighted by Gasteiger charge is -2.38. The monoisotopic (exact) mass is 300 g/mol. The van der Waals surface area contributed by atoms with E-state index in [1.165, 1.54) is 29.5 Å². The van der Waals surface area contributed by atoms with Gasteiger partial charge < -0.3 is 10.6 Å². The van der Waals surface area contributed by atoms with Crippen LogP contribution in [0.5, 0.6) is 0 Å². The van der Waals surface area contributed by atoms with Gasteiger partial charge in [0, 0.05) is 18.5 Å². The molecule has 0 atom stereocenters. The third kappa shape index (κ3) is 3.37. The zero-order valence-electron chi connectivity index (χ0n) is 12.7. The van der Waals surface area contributed by atoms with Gasteiger partial charge in [-0.1, -0.05) is 30.3 Å². The van der Waals surface area contributed by atoms with Crippen LogP contribution in [-0.2, 0) is 12.0 Å². The molecule has 0 aliphatic carbocycles. The second kappa shape index (κ2) is 6.73. The Morgan fingerprint density at radius 1 is 1.14 bits per heavy atom. The first-order valence-electron chi connectivity index (χ1n) is 7.79. The first-order valence-corrected chi connectivity index (χ1v) is 8.73. The van der Waals surface area contributed by atoms with E-state index >= 15 is 0 Å². The van der Waals surface area contributed by atoms with Crippen LogP contribution >= 0.6 is 11.3 Å². The standard InChI is InChI=1S/C18H24N2S/c1-15-12-21-13-16(15)11-20-14-18(7-9-19-10-8-18)17-5-3-2-4-6-17/h2-6,12-13,19-20H,7-11,14H2,1H3. The van der Waals surface area contributed by atoms with Crippen LogP contribution in [0.25, 0.3) is 0 Å². The predicted octanol–water partition coefficient (Wildman–Crippen LogP) is 3.47. The highest BCUT2D eigenvalue weighted by Crippen LogP contribution is 2.32. The molecule has 112 valence electrons.